The molecular formula is C7H11N2O3S. The summed E-state index contributed by atoms with van der Waals surface area (Å²) in [5, 5.41) is 3.69. The largest absolute Gasteiger partial charge is 0.361 e. The molecule has 0 saturated heterocycles. The lowest BCUT2D eigenvalue weighted by molar-refractivity contribution is 0.392. The molecule has 0 bridgehead atoms. The van der Waals surface area contributed by atoms with Crippen LogP contribution in [0.15, 0.2) is 4.52 Å². The lowest BCUT2D eigenvalue weighted by Gasteiger charge is -1.97. The minimum atomic E-state index is -3.28. The third-order valence-electron chi connectivity index (χ3n) is 1.64. The minimum Gasteiger partial charge on any atom is -0.361 e. The Morgan fingerprint density at radius 2 is 2.08 bits per heavy atom. The summed E-state index contributed by atoms with van der Waals surface area (Å²) in [5.41, 5.74) is 1.43. The van der Waals surface area contributed by atoms with E-state index in [0.717, 1.165) is 11.8 Å². The van der Waals surface area contributed by atoms with E-state index in [9.17, 15) is 8.42 Å². The first-order valence-corrected chi connectivity index (χ1v) is 5.55. The van der Waals surface area contributed by atoms with Crippen LogP contribution in [0.1, 0.15) is 17.0 Å². The van der Waals surface area contributed by atoms with Crippen LogP contribution >= 0.6 is 0 Å². The molecule has 0 N–H and O–H groups in total. The molecule has 0 spiro atoms. The molecule has 0 saturated carbocycles. The fraction of sp³-hybridized carbons (Fsp3) is 0.571. The second-order valence-corrected chi connectivity index (χ2v) is 4.55. The highest BCUT2D eigenvalue weighted by Crippen LogP contribution is 2.12. The van der Waals surface area contributed by atoms with Crippen molar-refractivity contribution >= 4 is 10.0 Å². The number of aromatic nitrogens is 1. The highest BCUT2D eigenvalue weighted by atomic mass is 32.2. The van der Waals surface area contributed by atoms with Crippen LogP contribution in [0.5, 0.6) is 0 Å². The van der Waals surface area contributed by atoms with Gasteiger partial charge >= 0.3 is 0 Å². The minimum absolute atomic E-state index is 0.111. The second-order valence-electron chi connectivity index (χ2n) is 2.82. The van der Waals surface area contributed by atoms with Crippen LogP contribution < -0.4 is 4.72 Å². The Balaban J connectivity index is 2.75. The Morgan fingerprint density at radius 3 is 2.46 bits per heavy atom. The van der Waals surface area contributed by atoms with Crippen LogP contribution in [0.4, 0.5) is 0 Å². The molecule has 1 radical (unpaired) electrons. The van der Waals surface area contributed by atoms with E-state index >= 15 is 0 Å². The summed E-state index contributed by atoms with van der Waals surface area (Å²) in [6, 6.07) is 0. The molecule has 6 heteroatoms. The molecule has 5 nitrogen and oxygen atoms in total. The van der Waals surface area contributed by atoms with E-state index in [1.54, 1.807) is 13.8 Å². The van der Waals surface area contributed by atoms with Crippen molar-refractivity contribution in [3.63, 3.8) is 0 Å². The zero-order valence-electron chi connectivity index (χ0n) is 7.73. The van der Waals surface area contributed by atoms with Crippen molar-refractivity contribution in [3.05, 3.63) is 17.0 Å². The van der Waals surface area contributed by atoms with E-state index in [1.807, 2.05) is 0 Å². The summed E-state index contributed by atoms with van der Waals surface area (Å²) < 4.78 is 29.8. The van der Waals surface area contributed by atoms with Gasteiger partial charge in [-0.25, -0.2) is 8.42 Å². The highest BCUT2D eigenvalue weighted by molar-refractivity contribution is 7.88. The lowest BCUT2D eigenvalue weighted by Crippen LogP contribution is -2.14. The standard InChI is InChI=1S/C7H11N2O3S/c1-5-7(6(2)12-9-5)4-8-13(3,10)11/h4H2,1-3H3. The first-order chi connectivity index (χ1) is 5.90. The molecule has 0 amide bonds. The van der Waals surface area contributed by atoms with Crippen LogP contribution in [0.3, 0.4) is 0 Å². The summed E-state index contributed by atoms with van der Waals surface area (Å²) in [4.78, 5) is 0. The molecule has 73 valence electrons. The molecule has 1 aromatic heterocycles. The van der Waals surface area contributed by atoms with E-state index in [-0.39, 0.29) is 6.54 Å². The van der Waals surface area contributed by atoms with Crippen LogP contribution in [0.2, 0.25) is 0 Å². The Morgan fingerprint density at radius 1 is 1.46 bits per heavy atom. The average Bonchev–Trinajstić information content (AvgIpc) is 2.27. The van der Waals surface area contributed by atoms with Crippen molar-refractivity contribution < 1.29 is 12.9 Å². The van der Waals surface area contributed by atoms with Gasteiger partial charge in [-0.15, -0.1) is 4.72 Å². The molecule has 0 atom stereocenters. The second kappa shape index (κ2) is 3.47. The first kappa shape index (κ1) is 10.2. The molecule has 0 aromatic carbocycles. The summed E-state index contributed by atoms with van der Waals surface area (Å²) in [6.07, 6.45) is 1.06. The molecule has 1 heterocycles. The Bertz CT molecular complexity index is 374. The van der Waals surface area contributed by atoms with Gasteiger partial charge in [0.25, 0.3) is 0 Å². The fourth-order valence-electron chi connectivity index (χ4n) is 0.909. The van der Waals surface area contributed by atoms with Crippen molar-refractivity contribution in [3.8, 4) is 0 Å². The molecule has 0 aliphatic carbocycles. The Kier molecular flexibility index (Phi) is 2.72. The summed E-state index contributed by atoms with van der Waals surface area (Å²) in [5.74, 6) is 0.616. The number of hydrogen-bond donors (Lipinski definition) is 0. The van der Waals surface area contributed by atoms with Crippen molar-refractivity contribution in [2.45, 2.75) is 20.4 Å². The van der Waals surface area contributed by atoms with Crippen LogP contribution in [0.25, 0.3) is 0 Å². The molecule has 0 aliphatic rings. The maximum Gasteiger partial charge on any atom is 0.225 e. The quantitative estimate of drug-likeness (QED) is 0.710. The van der Waals surface area contributed by atoms with E-state index < -0.39 is 10.0 Å². The summed E-state index contributed by atoms with van der Waals surface area (Å²) in [7, 11) is -3.28. The van der Waals surface area contributed by atoms with Gasteiger partial charge < -0.3 is 4.52 Å². The Hall–Kier alpha value is -0.880. The molecule has 1 rings (SSSR count). The molecular weight excluding hydrogens is 192 g/mol. The van der Waals surface area contributed by atoms with Gasteiger partial charge in [0.1, 0.15) is 5.76 Å². The maximum absolute atomic E-state index is 10.7. The molecule has 13 heavy (non-hydrogen) atoms. The number of rotatable bonds is 3. The topological polar surface area (TPSA) is 74.3 Å². The molecule has 0 aliphatic heterocycles. The molecule has 0 unspecified atom stereocenters. The summed E-state index contributed by atoms with van der Waals surface area (Å²) >= 11 is 0. The number of aryl methyl sites for hydroxylation is 2. The SMILES string of the molecule is Cc1noc(C)c1C[N]S(C)(=O)=O. The van der Waals surface area contributed by atoms with Gasteiger partial charge in [0.2, 0.25) is 10.0 Å². The van der Waals surface area contributed by atoms with Gasteiger partial charge in [-0.2, -0.15) is 0 Å². The van der Waals surface area contributed by atoms with Crippen molar-refractivity contribution in [2.75, 3.05) is 6.26 Å². The zero-order valence-corrected chi connectivity index (χ0v) is 8.55. The van der Waals surface area contributed by atoms with E-state index in [1.165, 1.54) is 0 Å². The smallest absolute Gasteiger partial charge is 0.225 e. The van der Waals surface area contributed by atoms with Gasteiger partial charge in [0.05, 0.1) is 18.5 Å². The predicted octanol–water partition coefficient (Wildman–Crippen LogP) is 0.355. The maximum atomic E-state index is 10.7. The summed E-state index contributed by atoms with van der Waals surface area (Å²) in [6.45, 7) is 3.59. The van der Waals surface area contributed by atoms with E-state index in [2.05, 4.69) is 9.88 Å². The normalized spacial score (nSPS) is 11.9. The monoisotopic (exact) mass is 203 g/mol. The number of hydrogen-bond acceptors (Lipinski definition) is 4. The van der Waals surface area contributed by atoms with Gasteiger partial charge in [-0.05, 0) is 13.8 Å². The van der Waals surface area contributed by atoms with Crippen LogP contribution in [0, 0.1) is 13.8 Å². The Labute approximate surface area is 77.2 Å². The number of nitrogens with zero attached hydrogens (tertiary/aromatic N) is 2. The van der Waals surface area contributed by atoms with Crippen LogP contribution in [-0.4, -0.2) is 19.8 Å². The van der Waals surface area contributed by atoms with Gasteiger partial charge in [0.15, 0.2) is 0 Å². The van der Waals surface area contributed by atoms with E-state index in [0.29, 0.717) is 11.5 Å². The zero-order chi connectivity index (χ0) is 10.1. The van der Waals surface area contributed by atoms with Gasteiger partial charge in [-0.1, -0.05) is 5.16 Å². The molecule has 0 fully saturated rings. The average molecular weight is 203 g/mol. The van der Waals surface area contributed by atoms with Crippen molar-refractivity contribution in [1.82, 2.24) is 9.88 Å². The number of sulfonamides is 1. The third kappa shape index (κ3) is 2.82. The third-order valence-corrected chi connectivity index (χ3v) is 2.24. The van der Waals surface area contributed by atoms with Crippen molar-refractivity contribution in [2.24, 2.45) is 0 Å². The fourth-order valence-corrected chi connectivity index (χ4v) is 1.27. The highest BCUT2D eigenvalue weighted by Gasteiger charge is 2.11. The predicted molar refractivity (Wildman–Crippen MR) is 46.7 cm³/mol. The van der Waals surface area contributed by atoms with E-state index in [4.69, 9.17) is 4.52 Å². The lowest BCUT2D eigenvalue weighted by atomic mass is 10.2. The van der Waals surface area contributed by atoms with Gasteiger partial charge in [-0.3, -0.25) is 0 Å². The van der Waals surface area contributed by atoms with Crippen molar-refractivity contribution in [1.29, 1.82) is 0 Å². The first-order valence-electron chi connectivity index (χ1n) is 3.70. The van der Waals surface area contributed by atoms with Gasteiger partial charge in [0, 0.05) is 5.56 Å². The van der Waals surface area contributed by atoms with Crippen LogP contribution in [-0.2, 0) is 16.6 Å². The molecule has 1 aromatic rings.